The Bertz CT molecular complexity index is 390. The molecular weight excluding hydrogens is 184 g/mol. The fourth-order valence-corrected chi connectivity index (χ4v) is 2.10. The average Bonchev–Trinajstić information content (AvgIpc) is 2.26. The van der Waals surface area contributed by atoms with Gasteiger partial charge in [0.2, 0.25) is 0 Å². The van der Waals surface area contributed by atoms with E-state index in [0.717, 1.165) is 25.9 Å². The zero-order chi connectivity index (χ0) is 10.7. The highest BCUT2D eigenvalue weighted by Crippen LogP contribution is 2.19. The van der Waals surface area contributed by atoms with Crippen molar-refractivity contribution in [2.75, 3.05) is 13.6 Å². The molecule has 0 N–H and O–H groups in total. The lowest BCUT2D eigenvalue weighted by Crippen LogP contribution is -2.26. The number of aryl methyl sites for hydroxylation is 1. The minimum atomic E-state index is 0.624. The van der Waals surface area contributed by atoms with E-state index < -0.39 is 0 Å². The van der Waals surface area contributed by atoms with Gasteiger partial charge in [-0.3, -0.25) is 0 Å². The van der Waals surface area contributed by atoms with E-state index in [1.54, 1.807) is 0 Å². The lowest BCUT2D eigenvalue weighted by atomic mass is 9.96. The quantitative estimate of drug-likeness (QED) is 0.731. The predicted molar refractivity (Wildman–Crippen MR) is 60.4 cm³/mol. The number of hydrogen-bond donors (Lipinski definition) is 0. The molecule has 0 spiro atoms. The van der Waals surface area contributed by atoms with Crippen molar-refractivity contribution in [2.24, 2.45) is 0 Å². The number of nitrogens with zero attached hydrogens (tertiary/aromatic N) is 2. The zero-order valence-electron chi connectivity index (χ0n) is 9.16. The van der Waals surface area contributed by atoms with Crippen LogP contribution in [0.3, 0.4) is 0 Å². The molecule has 1 heterocycles. The van der Waals surface area contributed by atoms with Gasteiger partial charge in [-0.25, -0.2) is 0 Å². The third-order valence-electron chi connectivity index (χ3n) is 3.00. The van der Waals surface area contributed by atoms with Crippen LogP contribution in [-0.4, -0.2) is 18.5 Å². The fraction of sp³-hybridized carbons (Fsp3) is 0.462. The van der Waals surface area contributed by atoms with Gasteiger partial charge in [-0.1, -0.05) is 18.2 Å². The minimum absolute atomic E-state index is 0.624. The topological polar surface area (TPSA) is 27.0 Å². The van der Waals surface area contributed by atoms with Crippen molar-refractivity contribution in [1.82, 2.24) is 4.90 Å². The van der Waals surface area contributed by atoms with Crippen molar-refractivity contribution in [3.05, 3.63) is 34.9 Å². The maximum Gasteiger partial charge on any atom is 0.0625 e. The Morgan fingerprint density at radius 2 is 2.27 bits per heavy atom. The molecule has 1 aliphatic heterocycles. The summed E-state index contributed by atoms with van der Waals surface area (Å²) >= 11 is 0. The highest BCUT2D eigenvalue weighted by Gasteiger charge is 2.12. The number of fused-ring (bicyclic) bond motifs is 1. The van der Waals surface area contributed by atoms with Crippen LogP contribution in [0, 0.1) is 11.3 Å². The number of nitriles is 1. The summed E-state index contributed by atoms with van der Waals surface area (Å²) in [5, 5.41) is 8.54. The Morgan fingerprint density at radius 1 is 1.40 bits per heavy atom. The first-order valence-corrected chi connectivity index (χ1v) is 5.46. The smallest absolute Gasteiger partial charge is 0.0625 e. The van der Waals surface area contributed by atoms with Crippen molar-refractivity contribution in [1.29, 1.82) is 5.26 Å². The van der Waals surface area contributed by atoms with Crippen molar-refractivity contribution >= 4 is 0 Å². The van der Waals surface area contributed by atoms with Gasteiger partial charge in [0.1, 0.15) is 0 Å². The summed E-state index contributed by atoms with van der Waals surface area (Å²) < 4.78 is 0. The van der Waals surface area contributed by atoms with E-state index in [1.165, 1.54) is 16.7 Å². The molecule has 0 bridgehead atoms. The Hall–Kier alpha value is -1.33. The van der Waals surface area contributed by atoms with Crippen LogP contribution in [0.1, 0.15) is 23.1 Å². The molecule has 15 heavy (non-hydrogen) atoms. The molecular formula is C13H16N2. The third kappa shape index (κ3) is 2.37. The van der Waals surface area contributed by atoms with Crippen LogP contribution < -0.4 is 0 Å². The summed E-state index contributed by atoms with van der Waals surface area (Å²) in [5.74, 6) is 0. The number of benzene rings is 1. The van der Waals surface area contributed by atoms with E-state index >= 15 is 0 Å². The largest absolute Gasteiger partial charge is 0.302 e. The average molecular weight is 200 g/mol. The van der Waals surface area contributed by atoms with Crippen molar-refractivity contribution < 1.29 is 0 Å². The van der Waals surface area contributed by atoms with Crippen LogP contribution in [0.5, 0.6) is 0 Å². The van der Waals surface area contributed by atoms with E-state index in [9.17, 15) is 0 Å². The van der Waals surface area contributed by atoms with Gasteiger partial charge < -0.3 is 4.90 Å². The molecule has 0 saturated heterocycles. The summed E-state index contributed by atoms with van der Waals surface area (Å²) in [5.41, 5.74) is 4.23. The molecule has 2 heteroatoms. The van der Waals surface area contributed by atoms with Gasteiger partial charge in [-0.15, -0.1) is 0 Å². The zero-order valence-corrected chi connectivity index (χ0v) is 9.16. The van der Waals surface area contributed by atoms with Gasteiger partial charge in [-0.2, -0.15) is 5.26 Å². The number of rotatable bonds is 2. The van der Waals surface area contributed by atoms with Gasteiger partial charge in [-0.05, 0) is 36.6 Å². The Balaban J connectivity index is 2.16. The molecule has 2 nitrogen and oxygen atoms in total. The Labute approximate surface area is 91.1 Å². The molecule has 1 aliphatic rings. The lowest BCUT2D eigenvalue weighted by Gasteiger charge is -2.25. The van der Waals surface area contributed by atoms with E-state index in [4.69, 9.17) is 5.26 Å². The molecule has 1 aromatic rings. The molecule has 0 aliphatic carbocycles. The normalized spacial score (nSPS) is 15.7. The van der Waals surface area contributed by atoms with Gasteiger partial charge in [0.05, 0.1) is 6.07 Å². The van der Waals surface area contributed by atoms with Crippen LogP contribution in [0.4, 0.5) is 0 Å². The predicted octanol–water partition coefficient (Wildman–Crippen LogP) is 2.13. The SMILES string of the molecule is CN1CCc2cc(CCC#N)ccc2C1. The van der Waals surface area contributed by atoms with Crippen LogP contribution >= 0.6 is 0 Å². The molecule has 0 amide bonds. The second-order valence-electron chi connectivity index (χ2n) is 4.25. The fourth-order valence-electron chi connectivity index (χ4n) is 2.10. The molecule has 0 aromatic heterocycles. The summed E-state index contributed by atoms with van der Waals surface area (Å²) in [6.45, 7) is 2.21. The highest BCUT2D eigenvalue weighted by atomic mass is 15.1. The third-order valence-corrected chi connectivity index (χ3v) is 3.00. The molecule has 0 radical (unpaired) electrons. The van der Waals surface area contributed by atoms with Crippen LogP contribution in [-0.2, 0) is 19.4 Å². The highest BCUT2D eigenvalue weighted by molar-refractivity contribution is 5.34. The molecule has 0 unspecified atom stereocenters. The maximum atomic E-state index is 8.54. The molecule has 78 valence electrons. The monoisotopic (exact) mass is 200 g/mol. The van der Waals surface area contributed by atoms with Gasteiger partial charge in [0.25, 0.3) is 0 Å². The van der Waals surface area contributed by atoms with Gasteiger partial charge in [0, 0.05) is 19.5 Å². The standard InChI is InChI=1S/C13H16N2/c1-15-8-6-12-9-11(3-2-7-14)4-5-13(12)10-15/h4-5,9H,2-3,6,8,10H2,1H3. The molecule has 1 aromatic carbocycles. The van der Waals surface area contributed by atoms with Gasteiger partial charge in [0.15, 0.2) is 0 Å². The van der Waals surface area contributed by atoms with E-state index in [1.807, 2.05) is 0 Å². The molecule has 0 fully saturated rings. The number of hydrogen-bond acceptors (Lipinski definition) is 2. The Morgan fingerprint density at radius 3 is 3.07 bits per heavy atom. The summed E-state index contributed by atoms with van der Waals surface area (Å²) in [6.07, 6.45) is 2.66. The molecule has 2 rings (SSSR count). The maximum absolute atomic E-state index is 8.54. The first kappa shape index (κ1) is 10.2. The van der Waals surface area contributed by atoms with E-state index in [-0.39, 0.29) is 0 Å². The minimum Gasteiger partial charge on any atom is -0.302 e. The van der Waals surface area contributed by atoms with Crippen molar-refractivity contribution in [3.8, 4) is 6.07 Å². The van der Waals surface area contributed by atoms with Crippen LogP contribution in [0.15, 0.2) is 18.2 Å². The lowest BCUT2D eigenvalue weighted by molar-refractivity contribution is 0.313. The van der Waals surface area contributed by atoms with Crippen LogP contribution in [0.25, 0.3) is 0 Å². The van der Waals surface area contributed by atoms with Crippen LogP contribution in [0.2, 0.25) is 0 Å². The number of likely N-dealkylation sites (N-methyl/N-ethyl adjacent to an activating group) is 1. The Kier molecular flexibility index (Phi) is 3.03. The summed E-state index contributed by atoms with van der Waals surface area (Å²) in [6, 6.07) is 8.85. The first-order valence-electron chi connectivity index (χ1n) is 5.46. The molecule has 0 saturated carbocycles. The van der Waals surface area contributed by atoms with Crippen molar-refractivity contribution in [2.45, 2.75) is 25.8 Å². The van der Waals surface area contributed by atoms with Gasteiger partial charge >= 0.3 is 0 Å². The molecule has 0 atom stereocenters. The van der Waals surface area contributed by atoms with E-state index in [2.05, 4.69) is 36.2 Å². The summed E-state index contributed by atoms with van der Waals surface area (Å²) in [7, 11) is 2.16. The first-order chi connectivity index (χ1) is 7.29. The second-order valence-corrected chi connectivity index (χ2v) is 4.25. The second kappa shape index (κ2) is 4.46. The summed E-state index contributed by atoms with van der Waals surface area (Å²) in [4.78, 5) is 2.34. The van der Waals surface area contributed by atoms with E-state index in [0.29, 0.717) is 6.42 Å². The van der Waals surface area contributed by atoms with Crippen molar-refractivity contribution in [3.63, 3.8) is 0 Å².